The van der Waals surface area contributed by atoms with Gasteiger partial charge in [0, 0.05) is 21.2 Å². The van der Waals surface area contributed by atoms with Crippen LogP contribution in [0.3, 0.4) is 0 Å². The summed E-state index contributed by atoms with van der Waals surface area (Å²) in [5, 5.41) is 1.07. The van der Waals surface area contributed by atoms with Crippen LogP contribution in [0.4, 0.5) is 5.69 Å². The molecule has 1 heterocycles. The molecule has 2 nitrogen and oxygen atoms in total. The number of benzene rings is 1. The smallest absolute Gasteiger partial charge is 0.0870 e. The van der Waals surface area contributed by atoms with Gasteiger partial charge in [-0.25, -0.2) is 0 Å². The zero-order valence-corrected chi connectivity index (χ0v) is 11.4. The molecule has 0 aliphatic carbocycles. The minimum atomic E-state index is 0.862. The summed E-state index contributed by atoms with van der Waals surface area (Å²) in [6.45, 7) is 6.21. The lowest BCUT2D eigenvalue weighted by Crippen LogP contribution is -2.01. The number of nitrogen functional groups attached to an aromatic ring is 1. The predicted octanol–water partition coefficient (Wildman–Crippen LogP) is 3.76. The van der Waals surface area contributed by atoms with Crippen molar-refractivity contribution < 1.29 is 0 Å². The van der Waals surface area contributed by atoms with Crippen LogP contribution in [-0.2, 0) is 6.42 Å². The predicted molar refractivity (Wildman–Crippen MR) is 72.7 cm³/mol. The van der Waals surface area contributed by atoms with Crippen LogP contribution in [0.25, 0.3) is 10.9 Å². The SMILES string of the molecule is CCc1nc2c(Br)ccc(C)c2c(N)c1C. The second kappa shape index (κ2) is 4.06. The zero-order valence-electron chi connectivity index (χ0n) is 9.76. The number of aryl methyl sites for hydroxylation is 2. The number of anilines is 1. The second-order valence-electron chi connectivity index (χ2n) is 4.04. The van der Waals surface area contributed by atoms with Crippen LogP contribution < -0.4 is 5.73 Å². The van der Waals surface area contributed by atoms with Gasteiger partial charge in [-0.1, -0.05) is 13.0 Å². The summed E-state index contributed by atoms with van der Waals surface area (Å²) in [7, 11) is 0. The van der Waals surface area contributed by atoms with E-state index in [1.165, 1.54) is 5.56 Å². The number of nitrogens with zero attached hydrogens (tertiary/aromatic N) is 1. The Labute approximate surface area is 104 Å². The molecule has 2 N–H and O–H groups in total. The highest BCUT2D eigenvalue weighted by Gasteiger charge is 2.12. The van der Waals surface area contributed by atoms with Crippen LogP contribution in [0, 0.1) is 13.8 Å². The Kier molecular flexibility index (Phi) is 2.89. The molecule has 0 unspecified atom stereocenters. The summed E-state index contributed by atoms with van der Waals surface area (Å²) < 4.78 is 1.01. The van der Waals surface area contributed by atoms with E-state index in [2.05, 4.69) is 40.8 Å². The first-order valence-corrected chi connectivity index (χ1v) is 6.19. The zero-order chi connectivity index (χ0) is 11.9. The third-order valence-electron chi connectivity index (χ3n) is 3.02. The van der Waals surface area contributed by atoms with E-state index < -0.39 is 0 Å². The monoisotopic (exact) mass is 278 g/mol. The molecular weight excluding hydrogens is 264 g/mol. The van der Waals surface area contributed by atoms with E-state index >= 15 is 0 Å². The Morgan fingerprint density at radius 2 is 2.00 bits per heavy atom. The number of rotatable bonds is 1. The van der Waals surface area contributed by atoms with Gasteiger partial charge in [0.05, 0.1) is 5.52 Å². The number of nitrogens with two attached hydrogens (primary N) is 1. The number of hydrogen-bond acceptors (Lipinski definition) is 2. The largest absolute Gasteiger partial charge is 0.398 e. The molecule has 0 atom stereocenters. The van der Waals surface area contributed by atoms with Gasteiger partial charge in [-0.05, 0) is 53.4 Å². The number of pyridine rings is 1. The Bertz CT molecular complexity index is 562. The molecule has 0 aliphatic heterocycles. The molecule has 2 aromatic rings. The maximum atomic E-state index is 6.20. The Morgan fingerprint density at radius 1 is 1.31 bits per heavy atom. The van der Waals surface area contributed by atoms with Crippen LogP contribution in [0.2, 0.25) is 0 Å². The summed E-state index contributed by atoms with van der Waals surface area (Å²) in [6, 6.07) is 4.09. The number of hydrogen-bond donors (Lipinski definition) is 1. The summed E-state index contributed by atoms with van der Waals surface area (Å²) in [5.41, 5.74) is 11.4. The first-order chi connectivity index (χ1) is 7.56. The van der Waals surface area contributed by atoms with Gasteiger partial charge in [-0.15, -0.1) is 0 Å². The summed E-state index contributed by atoms with van der Waals surface area (Å²) >= 11 is 3.54. The minimum Gasteiger partial charge on any atom is -0.398 e. The molecule has 0 aliphatic rings. The van der Waals surface area contributed by atoms with Crippen molar-refractivity contribution in [2.24, 2.45) is 0 Å². The highest BCUT2D eigenvalue weighted by molar-refractivity contribution is 9.10. The van der Waals surface area contributed by atoms with Gasteiger partial charge >= 0.3 is 0 Å². The first-order valence-electron chi connectivity index (χ1n) is 5.40. The van der Waals surface area contributed by atoms with E-state index in [0.29, 0.717) is 0 Å². The average molecular weight is 279 g/mol. The van der Waals surface area contributed by atoms with Crippen molar-refractivity contribution in [2.45, 2.75) is 27.2 Å². The fourth-order valence-corrected chi connectivity index (χ4v) is 2.44. The molecule has 16 heavy (non-hydrogen) atoms. The van der Waals surface area contributed by atoms with Gasteiger partial charge < -0.3 is 5.73 Å². The second-order valence-corrected chi connectivity index (χ2v) is 4.89. The van der Waals surface area contributed by atoms with Crippen LogP contribution in [0.15, 0.2) is 16.6 Å². The van der Waals surface area contributed by atoms with E-state index in [4.69, 9.17) is 5.73 Å². The van der Waals surface area contributed by atoms with Gasteiger partial charge in [0.2, 0.25) is 0 Å². The van der Waals surface area contributed by atoms with E-state index in [0.717, 1.165) is 38.7 Å². The molecular formula is C13H15BrN2. The molecule has 1 aromatic heterocycles. The molecule has 84 valence electrons. The minimum absolute atomic E-state index is 0.862. The van der Waals surface area contributed by atoms with E-state index in [1.807, 2.05) is 13.0 Å². The Hall–Kier alpha value is -1.09. The van der Waals surface area contributed by atoms with Crippen molar-refractivity contribution in [3.8, 4) is 0 Å². The maximum absolute atomic E-state index is 6.20. The molecule has 0 spiro atoms. The molecule has 0 saturated heterocycles. The third-order valence-corrected chi connectivity index (χ3v) is 3.66. The maximum Gasteiger partial charge on any atom is 0.0870 e. The lowest BCUT2D eigenvalue weighted by Gasteiger charge is -2.12. The molecule has 0 bridgehead atoms. The molecule has 2 rings (SSSR count). The van der Waals surface area contributed by atoms with Gasteiger partial charge in [-0.3, -0.25) is 4.98 Å². The van der Waals surface area contributed by atoms with Gasteiger partial charge in [-0.2, -0.15) is 0 Å². The van der Waals surface area contributed by atoms with Crippen molar-refractivity contribution in [1.29, 1.82) is 0 Å². The standard InChI is InChI=1S/C13H15BrN2/c1-4-10-8(3)12(15)11-7(2)5-6-9(14)13(11)16-10/h5-6H,4H2,1-3H3,(H2,15,16). The van der Waals surface area contributed by atoms with E-state index in [-0.39, 0.29) is 0 Å². The van der Waals surface area contributed by atoms with Crippen molar-refractivity contribution >= 4 is 32.5 Å². The Balaban J connectivity index is 2.97. The average Bonchev–Trinajstić information content (AvgIpc) is 2.27. The lowest BCUT2D eigenvalue weighted by atomic mass is 10.0. The fourth-order valence-electron chi connectivity index (χ4n) is 2.02. The van der Waals surface area contributed by atoms with E-state index in [9.17, 15) is 0 Å². The normalized spacial score (nSPS) is 11.0. The van der Waals surface area contributed by atoms with Crippen LogP contribution in [0.1, 0.15) is 23.7 Å². The quantitative estimate of drug-likeness (QED) is 0.863. The molecule has 0 radical (unpaired) electrons. The molecule has 1 aromatic carbocycles. The van der Waals surface area contributed by atoms with Crippen molar-refractivity contribution in [2.75, 3.05) is 5.73 Å². The van der Waals surface area contributed by atoms with Gasteiger partial charge in [0.1, 0.15) is 0 Å². The van der Waals surface area contributed by atoms with Crippen LogP contribution >= 0.6 is 15.9 Å². The fraction of sp³-hybridized carbons (Fsp3) is 0.308. The van der Waals surface area contributed by atoms with Crippen molar-refractivity contribution in [1.82, 2.24) is 4.98 Å². The van der Waals surface area contributed by atoms with E-state index in [1.54, 1.807) is 0 Å². The van der Waals surface area contributed by atoms with Gasteiger partial charge in [0.15, 0.2) is 0 Å². The first kappa shape index (κ1) is 11.4. The van der Waals surface area contributed by atoms with Crippen LogP contribution in [0.5, 0.6) is 0 Å². The lowest BCUT2D eigenvalue weighted by molar-refractivity contribution is 1.03. The number of aromatic nitrogens is 1. The third kappa shape index (κ3) is 1.59. The van der Waals surface area contributed by atoms with Crippen molar-refractivity contribution in [3.63, 3.8) is 0 Å². The molecule has 0 saturated carbocycles. The highest BCUT2D eigenvalue weighted by atomic mass is 79.9. The number of halogens is 1. The summed E-state index contributed by atoms with van der Waals surface area (Å²) in [5.74, 6) is 0. The van der Waals surface area contributed by atoms with Gasteiger partial charge in [0.25, 0.3) is 0 Å². The molecule has 0 fully saturated rings. The highest BCUT2D eigenvalue weighted by Crippen LogP contribution is 2.32. The number of fused-ring (bicyclic) bond motifs is 1. The summed E-state index contributed by atoms with van der Waals surface area (Å²) in [4.78, 5) is 4.69. The summed E-state index contributed by atoms with van der Waals surface area (Å²) in [6.07, 6.45) is 0.909. The Morgan fingerprint density at radius 3 is 2.62 bits per heavy atom. The molecule has 0 amide bonds. The van der Waals surface area contributed by atoms with Crippen LogP contribution in [-0.4, -0.2) is 4.98 Å². The molecule has 3 heteroatoms. The topological polar surface area (TPSA) is 38.9 Å². The van der Waals surface area contributed by atoms with Crippen molar-refractivity contribution in [3.05, 3.63) is 33.4 Å².